The van der Waals surface area contributed by atoms with Gasteiger partial charge in [-0.2, -0.15) is 0 Å². The SMILES string of the molecule is CCCCCCCCCCCCOc1cccc(CCl)c1. The normalized spacial score (nSPS) is 10.8. The van der Waals surface area contributed by atoms with E-state index in [1.54, 1.807) is 0 Å². The molecule has 0 saturated heterocycles. The van der Waals surface area contributed by atoms with Crippen LogP contribution >= 0.6 is 11.6 Å². The van der Waals surface area contributed by atoms with E-state index in [0.717, 1.165) is 24.3 Å². The minimum Gasteiger partial charge on any atom is -0.494 e. The lowest BCUT2D eigenvalue weighted by Gasteiger charge is -2.07. The van der Waals surface area contributed by atoms with Crippen LogP contribution in [-0.2, 0) is 5.88 Å². The largest absolute Gasteiger partial charge is 0.494 e. The van der Waals surface area contributed by atoms with E-state index in [0.29, 0.717) is 5.88 Å². The van der Waals surface area contributed by atoms with Crippen LogP contribution in [0, 0.1) is 0 Å². The van der Waals surface area contributed by atoms with Crippen molar-refractivity contribution in [3.8, 4) is 5.75 Å². The molecule has 0 saturated carbocycles. The molecule has 0 unspecified atom stereocenters. The maximum atomic E-state index is 5.82. The van der Waals surface area contributed by atoms with E-state index in [1.165, 1.54) is 57.8 Å². The van der Waals surface area contributed by atoms with Crippen LogP contribution in [0.3, 0.4) is 0 Å². The number of benzene rings is 1. The maximum Gasteiger partial charge on any atom is 0.119 e. The molecule has 0 aliphatic rings. The summed E-state index contributed by atoms with van der Waals surface area (Å²) < 4.78 is 5.76. The van der Waals surface area contributed by atoms with Crippen molar-refractivity contribution in [3.63, 3.8) is 0 Å². The number of hydrogen-bond acceptors (Lipinski definition) is 1. The third kappa shape index (κ3) is 9.79. The molecule has 2 heteroatoms. The van der Waals surface area contributed by atoms with Gasteiger partial charge in [-0.15, -0.1) is 11.6 Å². The monoisotopic (exact) mass is 310 g/mol. The smallest absolute Gasteiger partial charge is 0.119 e. The van der Waals surface area contributed by atoms with Crippen molar-refractivity contribution in [1.82, 2.24) is 0 Å². The third-order valence-electron chi connectivity index (χ3n) is 3.82. The first-order valence-electron chi connectivity index (χ1n) is 8.64. The average molecular weight is 311 g/mol. The first-order valence-corrected chi connectivity index (χ1v) is 9.18. The van der Waals surface area contributed by atoms with E-state index in [-0.39, 0.29) is 0 Å². The van der Waals surface area contributed by atoms with Gasteiger partial charge in [0.1, 0.15) is 5.75 Å². The Hall–Kier alpha value is -0.690. The van der Waals surface area contributed by atoms with Gasteiger partial charge in [0.05, 0.1) is 6.61 Å². The topological polar surface area (TPSA) is 9.23 Å². The predicted molar refractivity (Wildman–Crippen MR) is 93.3 cm³/mol. The summed E-state index contributed by atoms with van der Waals surface area (Å²) in [5, 5.41) is 0. The second kappa shape index (κ2) is 13.0. The van der Waals surface area contributed by atoms with Crippen molar-refractivity contribution in [2.75, 3.05) is 6.61 Å². The van der Waals surface area contributed by atoms with Gasteiger partial charge < -0.3 is 4.74 Å². The van der Waals surface area contributed by atoms with Gasteiger partial charge in [-0.05, 0) is 24.1 Å². The molecule has 0 aromatic heterocycles. The average Bonchev–Trinajstić information content (AvgIpc) is 2.53. The van der Waals surface area contributed by atoms with Crippen LogP contribution in [0.5, 0.6) is 5.75 Å². The van der Waals surface area contributed by atoms with Crippen molar-refractivity contribution >= 4 is 11.6 Å². The van der Waals surface area contributed by atoms with Gasteiger partial charge in [-0.1, -0.05) is 76.8 Å². The van der Waals surface area contributed by atoms with E-state index in [1.807, 2.05) is 24.3 Å². The fourth-order valence-electron chi connectivity index (χ4n) is 2.50. The summed E-state index contributed by atoms with van der Waals surface area (Å²) in [6, 6.07) is 8.07. The van der Waals surface area contributed by atoms with Gasteiger partial charge in [-0.25, -0.2) is 0 Å². The number of rotatable bonds is 13. The molecule has 1 aromatic carbocycles. The summed E-state index contributed by atoms with van der Waals surface area (Å²) in [6.45, 7) is 3.09. The molecule has 0 atom stereocenters. The van der Waals surface area contributed by atoms with Crippen molar-refractivity contribution in [2.45, 2.75) is 77.0 Å². The van der Waals surface area contributed by atoms with Crippen molar-refractivity contribution in [2.24, 2.45) is 0 Å². The van der Waals surface area contributed by atoms with Gasteiger partial charge in [-0.3, -0.25) is 0 Å². The fourth-order valence-corrected chi connectivity index (χ4v) is 2.66. The molecule has 0 heterocycles. The maximum absolute atomic E-state index is 5.82. The van der Waals surface area contributed by atoms with E-state index in [4.69, 9.17) is 16.3 Å². The van der Waals surface area contributed by atoms with E-state index >= 15 is 0 Å². The highest BCUT2D eigenvalue weighted by molar-refractivity contribution is 6.17. The number of unbranched alkanes of at least 4 members (excludes halogenated alkanes) is 9. The molecule has 0 radical (unpaired) electrons. The zero-order valence-corrected chi connectivity index (χ0v) is 14.3. The summed E-state index contributed by atoms with van der Waals surface area (Å²) in [7, 11) is 0. The minimum atomic E-state index is 0.551. The molecule has 0 bridgehead atoms. The second-order valence-electron chi connectivity index (χ2n) is 5.81. The Labute approximate surface area is 136 Å². The van der Waals surface area contributed by atoms with E-state index in [2.05, 4.69) is 6.92 Å². The standard InChI is InChI=1S/C19H31ClO/c1-2-3-4-5-6-7-8-9-10-11-15-21-19-14-12-13-18(16-19)17-20/h12-14,16H,2-11,15,17H2,1H3. The van der Waals surface area contributed by atoms with Gasteiger partial charge in [0.25, 0.3) is 0 Å². The van der Waals surface area contributed by atoms with Gasteiger partial charge >= 0.3 is 0 Å². The van der Waals surface area contributed by atoms with Crippen LogP contribution in [0.2, 0.25) is 0 Å². The van der Waals surface area contributed by atoms with Crippen LogP contribution in [0.15, 0.2) is 24.3 Å². The third-order valence-corrected chi connectivity index (χ3v) is 4.13. The first-order chi connectivity index (χ1) is 10.4. The van der Waals surface area contributed by atoms with Crippen LogP contribution in [-0.4, -0.2) is 6.61 Å². The van der Waals surface area contributed by atoms with Gasteiger partial charge in [0, 0.05) is 5.88 Å². The summed E-state index contributed by atoms with van der Waals surface area (Å²) in [6.07, 6.45) is 13.6. The van der Waals surface area contributed by atoms with Crippen LogP contribution in [0.25, 0.3) is 0 Å². The number of alkyl halides is 1. The lowest BCUT2D eigenvalue weighted by Crippen LogP contribution is -1.97. The van der Waals surface area contributed by atoms with E-state index < -0.39 is 0 Å². The molecule has 1 rings (SSSR count). The highest BCUT2D eigenvalue weighted by Gasteiger charge is 1.97. The highest BCUT2D eigenvalue weighted by Crippen LogP contribution is 2.16. The Kier molecular flexibility index (Phi) is 11.4. The zero-order valence-electron chi connectivity index (χ0n) is 13.6. The van der Waals surface area contributed by atoms with Crippen LogP contribution in [0.1, 0.15) is 76.7 Å². The molecule has 21 heavy (non-hydrogen) atoms. The second-order valence-corrected chi connectivity index (χ2v) is 6.08. The molecule has 0 fully saturated rings. The first kappa shape index (κ1) is 18.4. The summed E-state index contributed by atoms with van der Waals surface area (Å²) in [4.78, 5) is 0. The van der Waals surface area contributed by atoms with E-state index in [9.17, 15) is 0 Å². The number of halogens is 1. The molecule has 1 aromatic rings. The Bertz CT molecular complexity index is 351. The quantitative estimate of drug-likeness (QED) is 0.290. The summed E-state index contributed by atoms with van der Waals surface area (Å²) in [5.41, 5.74) is 1.12. The van der Waals surface area contributed by atoms with Crippen molar-refractivity contribution < 1.29 is 4.74 Å². The molecule has 0 spiro atoms. The van der Waals surface area contributed by atoms with Crippen LogP contribution < -0.4 is 4.74 Å². The Balaban J connectivity index is 1.90. The minimum absolute atomic E-state index is 0.551. The Morgan fingerprint density at radius 3 is 2.10 bits per heavy atom. The molecule has 120 valence electrons. The van der Waals surface area contributed by atoms with Gasteiger partial charge in [0.2, 0.25) is 0 Å². The summed E-state index contributed by atoms with van der Waals surface area (Å²) >= 11 is 5.82. The Morgan fingerprint density at radius 2 is 1.48 bits per heavy atom. The number of hydrogen-bond donors (Lipinski definition) is 0. The molecule has 0 amide bonds. The highest BCUT2D eigenvalue weighted by atomic mass is 35.5. The van der Waals surface area contributed by atoms with Crippen molar-refractivity contribution in [3.05, 3.63) is 29.8 Å². The predicted octanol–water partition coefficient (Wildman–Crippen LogP) is 6.73. The molecule has 1 nitrogen and oxygen atoms in total. The Morgan fingerprint density at radius 1 is 0.857 bits per heavy atom. The molecule has 0 aliphatic carbocycles. The molecular weight excluding hydrogens is 280 g/mol. The number of ether oxygens (including phenoxy) is 1. The fraction of sp³-hybridized carbons (Fsp3) is 0.684. The van der Waals surface area contributed by atoms with Crippen molar-refractivity contribution in [1.29, 1.82) is 0 Å². The lowest BCUT2D eigenvalue weighted by molar-refractivity contribution is 0.304. The molecule has 0 aliphatic heterocycles. The molecule has 0 N–H and O–H groups in total. The van der Waals surface area contributed by atoms with Crippen LogP contribution in [0.4, 0.5) is 0 Å². The van der Waals surface area contributed by atoms with Gasteiger partial charge in [0.15, 0.2) is 0 Å². The zero-order chi connectivity index (χ0) is 15.2. The lowest BCUT2D eigenvalue weighted by atomic mass is 10.1. The summed E-state index contributed by atoms with van der Waals surface area (Å²) in [5.74, 6) is 1.50. The molecular formula is C19H31ClO.